The minimum atomic E-state index is -0.687. The highest BCUT2D eigenvalue weighted by molar-refractivity contribution is 9.10. The van der Waals surface area contributed by atoms with E-state index in [0.29, 0.717) is 16.6 Å². The van der Waals surface area contributed by atoms with E-state index in [9.17, 15) is 9.59 Å². The number of halogens is 1. The number of nitriles is 1. The van der Waals surface area contributed by atoms with Crippen LogP contribution >= 0.6 is 15.9 Å². The lowest BCUT2D eigenvalue weighted by atomic mass is 10.0. The van der Waals surface area contributed by atoms with Crippen LogP contribution in [-0.2, 0) is 9.53 Å². The number of allylic oxidation sites excluding steroid dienone is 1. The normalized spacial score (nSPS) is 11.5. The van der Waals surface area contributed by atoms with Crippen molar-refractivity contribution < 1.29 is 14.3 Å². The number of ketones is 1. The predicted octanol–water partition coefficient (Wildman–Crippen LogP) is 4.15. The lowest BCUT2D eigenvalue weighted by Crippen LogP contribution is -2.18. The Bertz CT molecular complexity index is 1180. The van der Waals surface area contributed by atoms with Crippen LogP contribution in [0.25, 0.3) is 22.2 Å². The summed E-state index contributed by atoms with van der Waals surface area (Å²) in [4.78, 5) is 29.5. The predicted molar refractivity (Wildman–Crippen MR) is 113 cm³/mol. The number of nitrogens with zero attached hydrogens (tertiary/aromatic N) is 2. The fourth-order valence-electron chi connectivity index (χ4n) is 2.78. The number of Topliss-reactive ketones (excluding diaryl/α,β-unsaturated/α-hetero) is 1. The van der Waals surface area contributed by atoms with Crippen LogP contribution in [0.3, 0.4) is 0 Å². The van der Waals surface area contributed by atoms with Crippen molar-refractivity contribution in [2.24, 2.45) is 5.73 Å². The number of benzene rings is 2. The molecule has 0 aliphatic carbocycles. The summed E-state index contributed by atoms with van der Waals surface area (Å²) in [7, 11) is 0. The van der Waals surface area contributed by atoms with Gasteiger partial charge in [0.15, 0.2) is 6.61 Å². The molecule has 3 rings (SSSR count). The van der Waals surface area contributed by atoms with Crippen molar-refractivity contribution in [3.63, 3.8) is 0 Å². The van der Waals surface area contributed by atoms with Crippen LogP contribution in [-0.4, -0.2) is 23.3 Å². The van der Waals surface area contributed by atoms with E-state index in [-0.39, 0.29) is 16.8 Å². The molecule has 0 aliphatic heterocycles. The van der Waals surface area contributed by atoms with Gasteiger partial charge in [0.05, 0.1) is 16.8 Å². The highest BCUT2D eigenvalue weighted by Crippen LogP contribution is 2.27. The van der Waals surface area contributed by atoms with E-state index in [1.807, 2.05) is 36.4 Å². The SMILES string of the molecule is C/C(N)=C(\C#N)C(=O)COC(=O)c1cc(-c2ccccc2)nc2ccc(Br)cc12. The van der Waals surface area contributed by atoms with Crippen molar-refractivity contribution in [3.05, 3.63) is 75.9 Å². The summed E-state index contributed by atoms with van der Waals surface area (Å²) in [5, 5.41) is 9.61. The standard InChI is InChI=1S/C22H16BrN3O3/c1-13(25)18(11-24)21(27)12-29-22(28)17-10-20(14-5-3-2-4-6-14)26-19-8-7-15(23)9-16(17)19/h2-10H,12,25H2,1H3/b18-13-. The average Bonchev–Trinajstić information content (AvgIpc) is 2.72. The molecule has 0 saturated heterocycles. The number of pyridine rings is 1. The summed E-state index contributed by atoms with van der Waals surface area (Å²) in [5.41, 5.74) is 7.72. The molecule has 6 nitrogen and oxygen atoms in total. The van der Waals surface area contributed by atoms with Crippen molar-refractivity contribution >= 4 is 38.6 Å². The Hall–Kier alpha value is -3.50. The first-order valence-corrected chi connectivity index (χ1v) is 9.42. The summed E-state index contributed by atoms with van der Waals surface area (Å²) in [5.74, 6) is -1.34. The van der Waals surface area contributed by atoms with Gasteiger partial charge in [-0.05, 0) is 31.2 Å². The number of aromatic nitrogens is 1. The molecule has 0 saturated carbocycles. The van der Waals surface area contributed by atoms with E-state index in [2.05, 4.69) is 20.9 Å². The molecule has 7 heteroatoms. The number of fused-ring (bicyclic) bond motifs is 1. The van der Waals surface area contributed by atoms with E-state index in [0.717, 1.165) is 10.0 Å². The second-order valence-corrected chi connectivity index (χ2v) is 7.17. The van der Waals surface area contributed by atoms with Crippen LogP contribution in [0.5, 0.6) is 0 Å². The smallest absolute Gasteiger partial charge is 0.339 e. The van der Waals surface area contributed by atoms with Crippen molar-refractivity contribution in [3.8, 4) is 17.3 Å². The van der Waals surface area contributed by atoms with Gasteiger partial charge in [-0.25, -0.2) is 9.78 Å². The Morgan fingerprint density at radius 2 is 1.90 bits per heavy atom. The molecule has 144 valence electrons. The fourth-order valence-corrected chi connectivity index (χ4v) is 3.14. The lowest BCUT2D eigenvalue weighted by Gasteiger charge is -2.10. The lowest BCUT2D eigenvalue weighted by molar-refractivity contribution is -0.118. The minimum absolute atomic E-state index is 0.0817. The summed E-state index contributed by atoms with van der Waals surface area (Å²) >= 11 is 3.40. The number of carbonyl (C=O) groups excluding carboxylic acids is 2. The first-order valence-electron chi connectivity index (χ1n) is 8.63. The molecule has 0 amide bonds. The van der Waals surface area contributed by atoms with Gasteiger partial charge in [-0.2, -0.15) is 5.26 Å². The van der Waals surface area contributed by atoms with Crippen molar-refractivity contribution in [1.82, 2.24) is 4.98 Å². The molecular formula is C22H16BrN3O3. The minimum Gasteiger partial charge on any atom is -0.454 e. The van der Waals surface area contributed by atoms with Crippen LogP contribution in [0.15, 0.2) is 70.3 Å². The molecule has 0 spiro atoms. The summed E-state index contributed by atoms with van der Waals surface area (Å²) < 4.78 is 5.97. The monoisotopic (exact) mass is 449 g/mol. The first kappa shape index (κ1) is 20.2. The molecule has 29 heavy (non-hydrogen) atoms. The molecule has 1 heterocycles. The van der Waals surface area contributed by atoms with E-state index in [1.165, 1.54) is 6.92 Å². The van der Waals surface area contributed by atoms with Gasteiger partial charge in [0, 0.05) is 21.1 Å². The van der Waals surface area contributed by atoms with Crippen molar-refractivity contribution in [1.29, 1.82) is 5.26 Å². The molecule has 0 aliphatic rings. The number of hydrogen-bond donors (Lipinski definition) is 1. The molecule has 0 fully saturated rings. The summed E-state index contributed by atoms with van der Waals surface area (Å²) in [6.45, 7) is 0.868. The van der Waals surface area contributed by atoms with Gasteiger partial charge in [0.1, 0.15) is 11.6 Å². The molecule has 2 N–H and O–H groups in total. The third kappa shape index (κ3) is 4.50. The van der Waals surface area contributed by atoms with Gasteiger partial charge in [-0.3, -0.25) is 4.79 Å². The molecule has 0 radical (unpaired) electrons. The van der Waals surface area contributed by atoms with Crippen molar-refractivity contribution in [2.75, 3.05) is 6.61 Å². The largest absolute Gasteiger partial charge is 0.454 e. The first-order chi connectivity index (χ1) is 13.9. The van der Waals surface area contributed by atoms with Gasteiger partial charge >= 0.3 is 5.97 Å². The highest BCUT2D eigenvalue weighted by atomic mass is 79.9. The zero-order chi connectivity index (χ0) is 21.0. The molecule has 0 unspecified atom stereocenters. The quantitative estimate of drug-likeness (QED) is 0.356. The van der Waals surface area contributed by atoms with Crippen LogP contribution < -0.4 is 5.73 Å². The van der Waals surface area contributed by atoms with Gasteiger partial charge in [-0.1, -0.05) is 46.3 Å². The second kappa shape index (κ2) is 8.67. The maximum Gasteiger partial charge on any atom is 0.339 e. The number of hydrogen-bond acceptors (Lipinski definition) is 6. The number of nitrogens with two attached hydrogens (primary N) is 1. The van der Waals surface area contributed by atoms with E-state index < -0.39 is 18.4 Å². The van der Waals surface area contributed by atoms with Crippen LogP contribution in [0.1, 0.15) is 17.3 Å². The van der Waals surface area contributed by atoms with Gasteiger partial charge in [0.2, 0.25) is 5.78 Å². The topological polar surface area (TPSA) is 106 Å². The number of ether oxygens (including phenoxy) is 1. The Kier molecular flexibility index (Phi) is 6.05. The van der Waals surface area contributed by atoms with E-state index >= 15 is 0 Å². The van der Waals surface area contributed by atoms with Gasteiger partial charge in [-0.15, -0.1) is 0 Å². The van der Waals surface area contributed by atoms with Gasteiger partial charge < -0.3 is 10.5 Å². The molecule has 2 aromatic carbocycles. The Balaban J connectivity index is 2.00. The van der Waals surface area contributed by atoms with Crippen molar-refractivity contribution in [2.45, 2.75) is 6.92 Å². The number of esters is 1. The third-order valence-electron chi connectivity index (χ3n) is 4.18. The molecule has 3 aromatic rings. The van der Waals surface area contributed by atoms with Gasteiger partial charge in [0.25, 0.3) is 0 Å². The average molecular weight is 450 g/mol. The Morgan fingerprint density at radius 1 is 1.17 bits per heavy atom. The van der Waals surface area contributed by atoms with Crippen LogP contribution in [0, 0.1) is 11.3 Å². The number of carbonyl (C=O) groups is 2. The fraction of sp³-hybridized carbons (Fsp3) is 0.0909. The van der Waals surface area contributed by atoms with E-state index in [4.69, 9.17) is 15.7 Å². The van der Waals surface area contributed by atoms with Crippen LogP contribution in [0.4, 0.5) is 0 Å². The molecule has 1 aromatic heterocycles. The summed E-state index contributed by atoms with van der Waals surface area (Å²) in [6, 6.07) is 18.2. The number of rotatable bonds is 5. The second-order valence-electron chi connectivity index (χ2n) is 6.25. The maximum atomic E-state index is 12.8. The molecule has 0 atom stereocenters. The Labute approximate surface area is 175 Å². The third-order valence-corrected chi connectivity index (χ3v) is 4.67. The maximum absolute atomic E-state index is 12.8. The zero-order valence-corrected chi connectivity index (χ0v) is 17.1. The molecule has 0 bridgehead atoms. The zero-order valence-electron chi connectivity index (χ0n) is 15.5. The van der Waals surface area contributed by atoms with Crippen LogP contribution in [0.2, 0.25) is 0 Å². The van der Waals surface area contributed by atoms with E-state index in [1.54, 1.807) is 24.3 Å². The molecular weight excluding hydrogens is 434 g/mol. The Morgan fingerprint density at radius 3 is 2.55 bits per heavy atom. The highest BCUT2D eigenvalue weighted by Gasteiger charge is 2.19. The summed E-state index contributed by atoms with van der Waals surface area (Å²) in [6.07, 6.45) is 0.